The molecule has 100 valence electrons. The number of hydrogen-bond acceptors (Lipinski definition) is 2. The summed E-state index contributed by atoms with van der Waals surface area (Å²) in [5.74, 6) is -0.956. The van der Waals surface area contributed by atoms with E-state index in [9.17, 15) is 8.78 Å². The van der Waals surface area contributed by atoms with Crippen LogP contribution in [0.4, 0.5) is 8.78 Å². The monoisotopic (exact) mass is 254 g/mol. The molecule has 0 amide bonds. The minimum atomic E-state index is -0.513. The lowest BCUT2D eigenvalue weighted by atomic mass is 10.1. The summed E-state index contributed by atoms with van der Waals surface area (Å²) in [7, 11) is 0. The van der Waals surface area contributed by atoms with Crippen LogP contribution in [0.1, 0.15) is 25.3 Å². The maximum absolute atomic E-state index is 13.7. The molecule has 0 aliphatic carbocycles. The largest absolute Gasteiger partial charge is 0.315 e. The first-order chi connectivity index (χ1) is 8.70. The van der Waals surface area contributed by atoms with E-state index in [0.717, 1.165) is 38.5 Å². The zero-order valence-corrected chi connectivity index (χ0v) is 10.8. The fourth-order valence-corrected chi connectivity index (χ4v) is 2.50. The minimum absolute atomic E-state index is 0.443. The van der Waals surface area contributed by atoms with Crippen molar-refractivity contribution in [2.75, 3.05) is 19.6 Å². The van der Waals surface area contributed by atoms with E-state index in [0.29, 0.717) is 18.2 Å². The van der Waals surface area contributed by atoms with Crippen molar-refractivity contribution in [2.45, 2.75) is 32.4 Å². The fraction of sp³-hybridized carbons (Fsp3) is 0.571. The van der Waals surface area contributed by atoms with Crippen LogP contribution in [-0.2, 0) is 6.54 Å². The number of nitrogens with one attached hydrogen (secondary N) is 1. The Morgan fingerprint density at radius 2 is 2.22 bits per heavy atom. The molecule has 18 heavy (non-hydrogen) atoms. The number of halogens is 2. The Hall–Kier alpha value is -1.00. The summed E-state index contributed by atoms with van der Waals surface area (Å²) in [6.07, 6.45) is 2.14. The van der Waals surface area contributed by atoms with Gasteiger partial charge in [0.05, 0.1) is 0 Å². The highest BCUT2D eigenvalue weighted by molar-refractivity contribution is 5.18. The molecule has 1 atom stereocenters. The van der Waals surface area contributed by atoms with Crippen molar-refractivity contribution >= 4 is 0 Å². The Morgan fingerprint density at radius 1 is 1.39 bits per heavy atom. The van der Waals surface area contributed by atoms with E-state index in [1.165, 1.54) is 6.07 Å². The summed E-state index contributed by atoms with van der Waals surface area (Å²) in [5.41, 5.74) is 0.580. The molecule has 1 aromatic rings. The second-order valence-electron chi connectivity index (χ2n) is 4.85. The summed E-state index contributed by atoms with van der Waals surface area (Å²) in [4.78, 5) is 2.29. The van der Waals surface area contributed by atoms with Crippen molar-refractivity contribution in [1.82, 2.24) is 10.2 Å². The first-order valence-corrected chi connectivity index (χ1v) is 6.59. The molecule has 1 saturated heterocycles. The van der Waals surface area contributed by atoms with Gasteiger partial charge in [0.15, 0.2) is 0 Å². The average molecular weight is 254 g/mol. The van der Waals surface area contributed by atoms with Gasteiger partial charge in [-0.05, 0) is 32.0 Å². The molecular formula is C14H20F2N2. The molecule has 1 fully saturated rings. The molecule has 2 nitrogen and oxygen atoms in total. The first-order valence-electron chi connectivity index (χ1n) is 6.59. The van der Waals surface area contributed by atoms with Gasteiger partial charge in [-0.3, -0.25) is 4.90 Å². The molecule has 4 heteroatoms. The molecule has 0 bridgehead atoms. The van der Waals surface area contributed by atoms with Gasteiger partial charge in [0, 0.05) is 30.8 Å². The van der Waals surface area contributed by atoms with Crippen molar-refractivity contribution in [3.8, 4) is 0 Å². The second kappa shape index (κ2) is 6.25. The third kappa shape index (κ3) is 3.27. The van der Waals surface area contributed by atoms with E-state index >= 15 is 0 Å². The van der Waals surface area contributed by atoms with Crippen LogP contribution in [0.25, 0.3) is 0 Å². The highest BCUT2D eigenvalue weighted by atomic mass is 19.1. The Balaban J connectivity index is 2.07. The Morgan fingerprint density at radius 3 is 2.83 bits per heavy atom. The fourth-order valence-electron chi connectivity index (χ4n) is 2.50. The molecule has 0 spiro atoms. The predicted molar refractivity (Wildman–Crippen MR) is 68.3 cm³/mol. The second-order valence-corrected chi connectivity index (χ2v) is 4.85. The Bertz CT molecular complexity index is 389. The van der Waals surface area contributed by atoms with Gasteiger partial charge in [-0.15, -0.1) is 0 Å². The third-order valence-corrected chi connectivity index (χ3v) is 3.45. The third-order valence-electron chi connectivity index (χ3n) is 3.45. The summed E-state index contributed by atoms with van der Waals surface area (Å²) in [6.45, 7) is 5.62. The molecule has 1 aliphatic rings. The van der Waals surface area contributed by atoms with Crippen LogP contribution < -0.4 is 5.32 Å². The van der Waals surface area contributed by atoms with Gasteiger partial charge in [0.1, 0.15) is 11.6 Å². The molecule has 2 rings (SSSR count). The van der Waals surface area contributed by atoms with Crippen LogP contribution in [0.15, 0.2) is 18.2 Å². The van der Waals surface area contributed by atoms with Gasteiger partial charge in [-0.25, -0.2) is 8.78 Å². The number of hydrogen-bond donors (Lipinski definition) is 1. The minimum Gasteiger partial charge on any atom is -0.315 e. The lowest BCUT2D eigenvalue weighted by molar-refractivity contribution is 0.197. The van der Waals surface area contributed by atoms with Crippen LogP contribution in [0, 0.1) is 11.6 Å². The van der Waals surface area contributed by atoms with Crippen molar-refractivity contribution in [3.05, 3.63) is 35.4 Å². The van der Waals surface area contributed by atoms with Gasteiger partial charge in [-0.1, -0.05) is 13.0 Å². The number of rotatable bonds is 5. The summed E-state index contributed by atoms with van der Waals surface area (Å²) >= 11 is 0. The van der Waals surface area contributed by atoms with Crippen LogP contribution in [0.2, 0.25) is 0 Å². The van der Waals surface area contributed by atoms with Gasteiger partial charge >= 0.3 is 0 Å². The highest BCUT2D eigenvalue weighted by Crippen LogP contribution is 2.17. The topological polar surface area (TPSA) is 15.3 Å². The smallest absolute Gasteiger partial charge is 0.130 e. The average Bonchev–Trinajstić information content (AvgIpc) is 2.85. The van der Waals surface area contributed by atoms with Crippen molar-refractivity contribution < 1.29 is 8.78 Å². The summed E-state index contributed by atoms with van der Waals surface area (Å²) in [5, 5.41) is 3.33. The van der Waals surface area contributed by atoms with E-state index in [4.69, 9.17) is 0 Å². The van der Waals surface area contributed by atoms with Gasteiger partial charge in [0.2, 0.25) is 0 Å². The molecule has 0 radical (unpaired) electrons. The van der Waals surface area contributed by atoms with Gasteiger partial charge in [0.25, 0.3) is 0 Å². The SMILES string of the molecule is CCCN(Cc1ccc(F)cc1F)C1CCNC1. The molecule has 1 N–H and O–H groups in total. The zero-order valence-electron chi connectivity index (χ0n) is 10.8. The number of nitrogens with zero attached hydrogens (tertiary/aromatic N) is 1. The van der Waals surface area contributed by atoms with Crippen molar-refractivity contribution in [2.24, 2.45) is 0 Å². The lowest BCUT2D eigenvalue weighted by Crippen LogP contribution is -2.37. The first kappa shape index (κ1) is 13.4. The van der Waals surface area contributed by atoms with Crippen LogP contribution >= 0.6 is 0 Å². The Kier molecular flexibility index (Phi) is 4.66. The predicted octanol–water partition coefficient (Wildman–Crippen LogP) is 2.54. The van der Waals surface area contributed by atoms with Crippen molar-refractivity contribution in [1.29, 1.82) is 0 Å². The van der Waals surface area contributed by atoms with Crippen LogP contribution in [0.5, 0.6) is 0 Å². The quantitative estimate of drug-likeness (QED) is 0.868. The molecule has 1 unspecified atom stereocenters. The molecule has 0 saturated carbocycles. The Labute approximate surface area is 107 Å². The van der Waals surface area contributed by atoms with Gasteiger partial charge in [-0.2, -0.15) is 0 Å². The van der Waals surface area contributed by atoms with E-state index in [1.54, 1.807) is 6.07 Å². The summed E-state index contributed by atoms with van der Waals surface area (Å²) in [6, 6.07) is 4.31. The highest BCUT2D eigenvalue weighted by Gasteiger charge is 2.22. The molecular weight excluding hydrogens is 234 g/mol. The molecule has 1 heterocycles. The molecule has 1 aliphatic heterocycles. The van der Waals surface area contributed by atoms with E-state index in [2.05, 4.69) is 17.1 Å². The number of benzene rings is 1. The van der Waals surface area contributed by atoms with Gasteiger partial charge < -0.3 is 5.32 Å². The lowest BCUT2D eigenvalue weighted by Gasteiger charge is -2.28. The van der Waals surface area contributed by atoms with Crippen LogP contribution in [0.3, 0.4) is 0 Å². The molecule has 1 aromatic carbocycles. The molecule has 0 aromatic heterocycles. The van der Waals surface area contributed by atoms with E-state index in [-0.39, 0.29) is 0 Å². The van der Waals surface area contributed by atoms with E-state index < -0.39 is 11.6 Å². The van der Waals surface area contributed by atoms with Crippen LogP contribution in [-0.4, -0.2) is 30.6 Å². The van der Waals surface area contributed by atoms with Crippen molar-refractivity contribution in [3.63, 3.8) is 0 Å². The zero-order chi connectivity index (χ0) is 13.0. The maximum atomic E-state index is 13.7. The maximum Gasteiger partial charge on any atom is 0.130 e. The van der Waals surface area contributed by atoms with E-state index in [1.807, 2.05) is 0 Å². The summed E-state index contributed by atoms with van der Waals surface area (Å²) < 4.78 is 26.5. The standard InChI is InChI=1S/C14H20F2N2/c1-2-7-18(13-5-6-17-9-13)10-11-3-4-12(15)8-14(11)16/h3-4,8,13,17H,2,5-7,9-10H2,1H3. The normalized spacial score (nSPS) is 19.7.